The number of hydrogen-bond donors (Lipinski definition) is 1. The Morgan fingerprint density at radius 2 is 2.33 bits per heavy atom. The Hall–Kier alpha value is -1.13. The first-order chi connectivity index (χ1) is 8.63. The molecule has 0 amide bonds. The summed E-state index contributed by atoms with van der Waals surface area (Å²) in [7, 11) is 0. The van der Waals surface area contributed by atoms with E-state index in [2.05, 4.69) is 0 Å². The van der Waals surface area contributed by atoms with Gasteiger partial charge in [-0.25, -0.2) is 4.39 Å². The summed E-state index contributed by atoms with van der Waals surface area (Å²) in [5, 5.41) is 0. The van der Waals surface area contributed by atoms with E-state index >= 15 is 0 Å². The van der Waals surface area contributed by atoms with E-state index in [1.54, 1.807) is 0 Å². The second kappa shape index (κ2) is 6.16. The zero-order chi connectivity index (χ0) is 13.0. The highest BCUT2D eigenvalue weighted by atomic mass is 19.1. The minimum atomic E-state index is -0.282. The molecule has 18 heavy (non-hydrogen) atoms. The predicted octanol–water partition coefficient (Wildman–Crippen LogP) is 2.27. The summed E-state index contributed by atoms with van der Waals surface area (Å²) < 4.78 is 24.5. The molecule has 2 rings (SSSR count). The molecule has 100 valence electrons. The Morgan fingerprint density at radius 1 is 1.50 bits per heavy atom. The quantitative estimate of drug-likeness (QED) is 0.875. The third kappa shape index (κ3) is 3.96. The molecular formula is C14H20FNO2. The molecule has 1 fully saturated rings. The number of rotatable bonds is 5. The molecule has 0 bridgehead atoms. The molecule has 0 saturated carbocycles. The van der Waals surface area contributed by atoms with E-state index < -0.39 is 0 Å². The Kier molecular flexibility index (Phi) is 4.55. The van der Waals surface area contributed by atoms with Crippen LogP contribution in [0.2, 0.25) is 0 Å². The molecule has 4 heteroatoms. The number of benzene rings is 1. The van der Waals surface area contributed by atoms with E-state index in [0.717, 1.165) is 25.0 Å². The maximum absolute atomic E-state index is 13.4. The molecule has 1 aromatic rings. The second-order valence-corrected chi connectivity index (χ2v) is 4.92. The molecule has 2 unspecified atom stereocenters. The average molecular weight is 253 g/mol. The van der Waals surface area contributed by atoms with Gasteiger partial charge in [0.2, 0.25) is 0 Å². The lowest BCUT2D eigenvalue weighted by atomic mass is 10.1. The number of ether oxygens (including phenoxy) is 2. The van der Waals surface area contributed by atoms with Gasteiger partial charge in [-0.2, -0.15) is 0 Å². The normalized spacial score (nSPS) is 20.9. The Balaban J connectivity index is 1.96. The molecule has 1 aliphatic heterocycles. The van der Waals surface area contributed by atoms with E-state index in [9.17, 15) is 4.39 Å². The summed E-state index contributed by atoms with van der Waals surface area (Å²) >= 11 is 0. The molecule has 0 radical (unpaired) electrons. The van der Waals surface area contributed by atoms with Gasteiger partial charge in [-0.1, -0.05) is 0 Å². The molecule has 2 N–H and O–H groups in total. The molecule has 3 nitrogen and oxygen atoms in total. The predicted molar refractivity (Wildman–Crippen MR) is 68.2 cm³/mol. The first kappa shape index (κ1) is 13.3. The van der Waals surface area contributed by atoms with Crippen molar-refractivity contribution in [3.05, 3.63) is 29.6 Å². The van der Waals surface area contributed by atoms with E-state index in [0.29, 0.717) is 18.8 Å². The van der Waals surface area contributed by atoms with E-state index in [-0.39, 0.29) is 18.0 Å². The van der Waals surface area contributed by atoms with E-state index in [4.69, 9.17) is 15.2 Å². The Bertz CT molecular complexity index is 389. The van der Waals surface area contributed by atoms with Crippen molar-refractivity contribution in [1.29, 1.82) is 0 Å². The minimum absolute atomic E-state index is 0.0119. The molecule has 0 aromatic heterocycles. The number of halogens is 1. The van der Waals surface area contributed by atoms with Gasteiger partial charge < -0.3 is 15.2 Å². The van der Waals surface area contributed by atoms with Crippen LogP contribution in [0.5, 0.6) is 5.75 Å². The van der Waals surface area contributed by atoms with Crippen LogP contribution in [0.3, 0.4) is 0 Å². The summed E-state index contributed by atoms with van der Waals surface area (Å²) in [6, 6.07) is 4.77. The standard InChI is InChI=1S/C14H20FNO2/c1-10(16)5-11-6-12(15)8-14(7-11)18-9-13-3-2-4-17-13/h6-8,10,13H,2-5,9,16H2,1H3. The van der Waals surface area contributed by atoms with Crippen molar-refractivity contribution in [3.8, 4) is 5.75 Å². The van der Waals surface area contributed by atoms with Gasteiger partial charge in [-0.3, -0.25) is 0 Å². The van der Waals surface area contributed by atoms with Crippen LogP contribution in [0.25, 0.3) is 0 Å². The molecule has 0 spiro atoms. The van der Waals surface area contributed by atoms with Crippen molar-refractivity contribution in [3.63, 3.8) is 0 Å². The Morgan fingerprint density at radius 3 is 3.00 bits per heavy atom. The van der Waals surface area contributed by atoms with E-state index in [1.807, 2.05) is 13.0 Å². The van der Waals surface area contributed by atoms with Crippen LogP contribution in [0.4, 0.5) is 4.39 Å². The highest BCUT2D eigenvalue weighted by Gasteiger charge is 2.16. The van der Waals surface area contributed by atoms with Gasteiger partial charge in [0, 0.05) is 18.7 Å². The first-order valence-corrected chi connectivity index (χ1v) is 6.43. The minimum Gasteiger partial charge on any atom is -0.491 e. The van der Waals surface area contributed by atoms with Gasteiger partial charge in [0.05, 0.1) is 6.10 Å². The first-order valence-electron chi connectivity index (χ1n) is 6.43. The van der Waals surface area contributed by atoms with Gasteiger partial charge in [0.1, 0.15) is 18.2 Å². The van der Waals surface area contributed by atoms with Gasteiger partial charge in [-0.15, -0.1) is 0 Å². The monoisotopic (exact) mass is 253 g/mol. The third-order valence-corrected chi connectivity index (χ3v) is 2.95. The van der Waals surface area contributed by atoms with Crippen LogP contribution in [0.15, 0.2) is 18.2 Å². The largest absolute Gasteiger partial charge is 0.491 e. The van der Waals surface area contributed by atoms with Crippen LogP contribution < -0.4 is 10.5 Å². The van der Waals surface area contributed by atoms with Crippen LogP contribution in [-0.4, -0.2) is 25.4 Å². The van der Waals surface area contributed by atoms with Crippen LogP contribution in [0.1, 0.15) is 25.3 Å². The summed E-state index contributed by atoms with van der Waals surface area (Å²) in [6.07, 6.45) is 2.88. The maximum atomic E-state index is 13.4. The average Bonchev–Trinajstić information content (AvgIpc) is 2.77. The van der Waals surface area contributed by atoms with Crippen molar-refractivity contribution >= 4 is 0 Å². The molecule has 1 saturated heterocycles. The zero-order valence-electron chi connectivity index (χ0n) is 10.7. The summed E-state index contributed by atoms with van der Waals surface area (Å²) in [4.78, 5) is 0. The third-order valence-electron chi connectivity index (χ3n) is 2.95. The SMILES string of the molecule is CC(N)Cc1cc(F)cc(OCC2CCCO2)c1. The van der Waals surface area contributed by atoms with Gasteiger partial charge >= 0.3 is 0 Å². The van der Waals surface area contributed by atoms with Crippen molar-refractivity contribution in [2.45, 2.75) is 38.3 Å². The molecule has 1 aliphatic rings. The lowest BCUT2D eigenvalue weighted by molar-refractivity contribution is 0.0678. The fourth-order valence-electron chi connectivity index (χ4n) is 2.16. The fourth-order valence-corrected chi connectivity index (χ4v) is 2.16. The summed E-state index contributed by atoms with van der Waals surface area (Å²) in [6.45, 7) is 3.19. The highest BCUT2D eigenvalue weighted by molar-refractivity contribution is 5.30. The van der Waals surface area contributed by atoms with E-state index in [1.165, 1.54) is 12.1 Å². The van der Waals surface area contributed by atoms with Gasteiger partial charge in [-0.05, 0) is 43.9 Å². The summed E-state index contributed by atoms with van der Waals surface area (Å²) in [5.41, 5.74) is 6.58. The topological polar surface area (TPSA) is 44.5 Å². The molecule has 1 heterocycles. The number of hydrogen-bond acceptors (Lipinski definition) is 3. The fraction of sp³-hybridized carbons (Fsp3) is 0.571. The highest BCUT2D eigenvalue weighted by Crippen LogP contribution is 2.19. The van der Waals surface area contributed by atoms with Crippen LogP contribution >= 0.6 is 0 Å². The van der Waals surface area contributed by atoms with Crippen LogP contribution in [-0.2, 0) is 11.2 Å². The number of nitrogens with two attached hydrogens (primary N) is 1. The molecule has 0 aliphatic carbocycles. The van der Waals surface area contributed by atoms with Crippen molar-refractivity contribution in [1.82, 2.24) is 0 Å². The molecular weight excluding hydrogens is 233 g/mol. The molecule has 1 aromatic carbocycles. The lowest BCUT2D eigenvalue weighted by Gasteiger charge is -2.13. The van der Waals surface area contributed by atoms with Crippen molar-refractivity contribution < 1.29 is 13.9 Å². The van der Waals surface area contributed by atoms with Crippen molar-refractivity contribution in [2.75, 3.05) is 13.2 Å². The zero-order valence-corrected chi connectivity index (χ0v) is 10.7. The van der Waals surface area contributed by atoms with Crippen molar-refractivity contribution in [2.24, 2.45) is 5.73 Å². The van der Waals surface area contributed by atoms with Gasteiger partial charge in [0.25, 0.3) is 0 Å². The Labute approximate surface area is 107 Å². The lowest BCUT2D eigenvalue weighted by Crippen LogP contribution is -2.18. The smallest absolute Gasteiger partial charge is 0.127 e. The van der Waals surface area contributed by atoms with Gasteiger partial charge in [0.15, 0.2) is 0 Å². The maximum Gasteiger partial charge on any atom is 0.127 e. The summed E-state index contributed by atoms with van der Waals surface area (Å²) in [5.74, 6) is 0.275. The molecule has 2 atom stereocenters. The van der Waals surface area contributed by atoms with Crippen LogP contribution in [0, 0.1) is 5.82 Å². The second-order valence-electron chi connectivity index (χ2n) is 4.92.